The molecule has 0 aliphatic carbocycles. The zero-order valence-electron chi connectivity index (χ0n) is 11.5. The van der Waals surface area contributed by atoms with Crippen molar-refractivity contribution in [3.63, 3.8) is 0 Å². The van der Waals surface area contributed by atoms with E-state index in [1.807, 2.05) is 13.8 Å². The summed E-state index contributed by atoms with van der Waals surface area (Å²) < 4.78 is 5.29. The van der Waals surface area contributed by atoms with Crippen LogP contribution < -0.4 is 0 Å². The van der Waals surface area contributed by atoms with Crippen LogP contribution in [0, 0.1) is 0 Å². The minimum atomic E-state index is -0.552. The van der Waals surface area contributed by atoms with Crippen molar-refractivity contribution < 1.29 is 9.53 Å². The van der Waals surface area contributed by atoms with Gasteiger partial charge in [0.05, 0.1) is 0 Å². The lowest BCUT2D eigenvalue weighted by atomic mass is 9.93. The van der Waals surface area contributed by atoms with E-state index < -0.39 is 5.60 Å². The van der Waals surface area contributed by atoms with E-state index in [-0.39, 0.29) is 5.78 Å². The van der Waals surface area contributed by atoms with Crippen molar-refractivity contribution in [2.75, 3.05) is 7.11 Å². The summed E-state index contributed by atoms with van der Waals surface area (Å²) in [5.41, 5.74) is -0.552. The smallest absolute Gasteiger partial charge is 0.164 e. The van der Waals surface area contributed by atoms with Crippen LogP contribution >= 0.6 is 0 Å². The van der Waals surface area contributed by atoms with E-state index in [4.69, 9.17) is 4.74 Å². The highest BCUT2D eigenvalue weighted by atomic mass is 16.5. The van der Waals surface area contributed by atoms with Crippen LogP contribution in [0.5, 0.6) is 0 Å². The molecule has 0 aromatic rings. The molecule has 0 aliphatic rings. The largest absolute Gasteiger partial charge is 0.371 e. The number of carbonyl (C=O) groups excluding carboxylic acids is 1. The lowest BCUT2D eigenvalue weighted by molar-refractivity contribution is -0.139. The number of rotatable bonds is 10. The van der Waals surface area contributed by atoms with Gasteiger partial charge in [-0.1, -0.05) is 46.0 Å². The Balaban J connectivity index is 3.64. The highest BCUT2D eigenvalue weighted by Crippen LogP contribution is 2.19. The molecule has 1 unspecified atom stereocenters. The maximum Gasteiger partial charge on any atom is 0.164 e. The predicted molar refractivity (Wildman–Crippen MR) is 68.7 cm³/mol. The molecule has 0 fully saturated rings. The molecular formula is C14H28O2. The Morgan fingerprint density at radius 2 is 1.62 bits per heavy atom. The number of ether oxygens (including phenoxy) is 1. The molecule has 0 rings (SSSR count). The zero-order chi connectivity index (χ0) is 12.4. The molecule has 0 N–H and O–H groups in total. The van der Waals surface area contributed by atoms with Gasteiger partial charge in [-0.3, -0.25) is 4.79 Å². The van der Waals surface area contributed by atoms with E-state index in [9.17, 15) is 4.79 Å². The molecule has 0 aromatic carbocycles. The second-order valence-electron chi connectivity index (χ2n) is 4.73. The Bertz CT molecular complexity index is 183. The van der Waals surface area contributed by atoms with E-state index >= 15 is 0 Å². The molecular weight excluding hydrogens is 200 g/mol. The summed E-state index contributed by atoms with van der Waals surface area (Å²) in [6.07, 6.45) is 8.78. The summed E-state index contributed by atoms with van der Waals surface area (Å²) in [7, 11) is 1.63. The average molecular weight is 228 g/mol. The summed E-state index contributed by atoms with van der Waals surface area (Å²) in [4.78, 5) is 11.9. The Morgan fingerprint density at radius 1 is 1.06 bits per heavy atom. The van der Waals surface area contributed by atoms with Gasteiger partial charge in [0.2, 0.25) is 0 Å². The fourth-order valence-electron chi connectivity index (χ4n) is 1.79. The number of unbranched alkanes of at least 4 members (excludes halogenated alkanes) is 5. The molecule has 1 atom stereocenters. The number of hydrogen-bond donors (Lipinski definition) is 0. The predicted octanol–water partition coefficient (Wildman–Crippen LogP) is 4.12. The van der Waals surface area contributed by atoms with Crippen LogP contribution in [0.3, 0.4) is 0 Å². The molecule has 0 saturated heterocycles. The topological polar surface area (TPSA) is 26.3 Å². The second kappa shape index (κ2) is 8.74. The fourth-order valence-corrected chi connectivity index (χ4v) is 1.79. The monoisotopic (exact) mass is 228 g/mol. The highest BCUT2D eigenvalue weighted by Gasteiger charge is 2.29. The first kappa shape index (κ1) is 15.6. The van der Waals surface area contributed by atoms with Crippen LogP contribution in [0.25, 0.3) is 0 Å². The van der Waals surface area contributed by atoms with Crippen LogP contribution in [-0.2, 0) is 9.53 Å². The van der Waals surface area contributed by atoms with E-state index in [1.54, 1.807) is 7.11 Å². The van der Waals surface area contributed by atoms with E-state index in [2.05, 4.69) is 6.92 Å². The van der Waals surface area contributed by atoms with Crippen LogP contribution in [0.2, 0.25) is 0 Å². The molecule has 0 saturated carbocycles. The molecule has 0 spiro atoms. The summed E-state index contributed by atoms with van der Waals surface area (Å²) in [5, 5.41) is 0. The lowest BCUT2D eigenvalue weighted by Gasteiger charge is -2.24. The van der Waals surface area contributed by atoms with Gasteiger partial charge >= 0.3 is 0 Å². The quantitative estimate of drug-likeness (QED) is 0.526. The van der Waals surface area contributed by atoms with Crippen molar-refractivity contribution in [1.82, 2.24) is 0 Å². The summed E-state index contributed by atoms with van der Waals surface area (Å²) in [6.45, 7) is 6.11. The van der Waals surface area contributed by atoms with Gasteiger partial charge in [0.15, 0.2) is 5.78 Å². The van der Waals surface area contributed by atoms with Crippen molar-refractivity contribution in [2.45, 2.75) is 77.7 Å². The lowest BCUT2D eigenvalue weighted by Crippen LogP contribution is -2.36. The molecule has 2 heteroatoms. The van der Waals surface area contributed by atoms with Crippen molar-refractivity contribution in [3.05, 3.63) is 0 Å². The van der Waals surface area contributed by atoms with Gasteiger partial charge in [0, 0.05) is 13.5 Å². The van der Waals surface area contributed by atoms with Crippen LogP contribution in [0.1, 0.15) is 72.1 Å². The Hall–Kier alpha value is -0.370. The third-order valence-electron chi connectivity index (χ3n) is 3.47. The van der Waals surface area contributed by atoms with Gasteiger partial charge in [0.1, 0.15) is 5.60 Å². The van der Waals surface area contributed by atoms with Crippen molar-refractivity contribution in [1.29, 1.82) is 0 Å². The number of ketones is 1. The zero-order valence-corrected chi connectivity index (χ0v) is 11.5. The standard InChI is InChI=1S/C14H28O2/c1-5-7-8-9-10-11-12-13(15)14(3,6-2)16-4/h5-12H2,1-4H3. The molecule has 0 amide bonds. The summed E-state index contributed by atoms with van der Waals surface area (Å²) in [5.74, 6) is 0.257. The maximum absolute atomic E-state index is 11.9. The Labute approximate surface area is 101 Å². The van der Waals surface area contributed by atoms with E-state index in [0.717, 1.165) is 12.8 Å². The SMILES string of the molecule is CCCCCCCCC(=O)C(C)(CC)OC. The molecule has 2 nitrogen and oxygen atoms in total. The van der Waals surface area contributed by atoms with Gasteiger partial charge in [-0.25, -0.2) is 0 Å². The van der Waals surface area contributed by atoms with Gasteiger partial charge < -0.3 is 4.74 Å². The van der Waals surface area contributed by atoms with E-state index in [1.165, 1.54) is 32.1 Å². The van der Waals surface area contributed by atoms with Gasteiger partial charge in [-0.2, -0.15) is 0 Å². The summed E-state index contributed by atoms with van der Waals surface area (Å²) >= 11 is 0. The molecule has 96 valence electrons. The minimum absolute atomic E-state index is 0.257. The third-order valence-corrected chi connectivity index (χ3v) is 3.47. The molecule has 0 radical (unpaired) electrons. The first-order valence-corrected chi connectivity index (χ1v) is 6.69. The second-order valence-corrected chi connectivity index (χ2v) is 4.73. The van der Waals surface area contributed by atoms with Crippen LogP contribution in [0.15, 0.2) is 0 Å². The fraction of sp³-hybridized carbons (Fsp3) is 0.929. The number of hydrogen-bond acceptors (Lipinski definition) is 2. The number of carbonyl (C=O) groups is 1. The van der Waals surface area contributed by atoms with E-state index in [0.29, 0.717) is 6.42 Å². The molecule has 16 heavy (non-hydrogen) atoms. The van der Waals surface area contributed by atoms with Crippen LogP contribution in [0.4, 0.5) is 0 Å². The average Bonchev–Trinajstić information content (AvgIpc) is 2.32. The van der Waals surface area contributed by atoms with Gasteiger partial charge in [-0.15, -0.1) is 0 Å². The Kier molecular flexibility index (Phi) is 8.54. The minimum Gasteiger partial charge on any atom is -0.371 e. The van der Waals surface area contributed by atoms with Crippen LogP contribution in [-0.4, -0.2) is 18.5 Å². The molecule has 0 heterocycles. The maximum atomic E-state index is 11.9. The molecule has 0 bridgehead atoms. The molecule has 0 aromatic heterocycles. The van der Waals surface area contributed by atoms with Gasteiger partial charge in [-0.05, 0) is 19.8 Å². The first-order chi connectivity index (χ1) is 7.60. The van der Waals surface area contributed by atoms with Crippen molar-refractivity contribution >= 4 is 5.78 Å². The van der Waals surface area contributed by atoms with Gasteiger partial charge in [0.25, 0.3) is 0 Å². The third kappa shape index (κ3) is 5.64. The number of Topliss-reactive ketones (excluding diaryl/α,β-unsaturated/α-hetero) is 1. The highest BCUT2D eigenvalue weighted by molar-refractivity contribution is 5.86. The normalized spacial score (nSPS) is 14.8. The molecule has 0 aliphatic heterocycles. The van der Waals surface area contributed by atoms with Crippen molar-refractivity contribution in [2.24, 2.45) is 0 Å². The summed E-state index contributed by atoms with van der Waals surface area (Å²) in [6, 6.07) is 0. The Morgan fingerprint density at radius 3 is 2.12 bits per heavy atom. The number of methoxy groups -OCH3 is 1. The first-order valence-electron chi connectivity index (χ1n) is 6.69. The van der Waals surface area contributed by atoms with Crippen molar-refractivity contribution in [3.8, 4) is 0 Å².